The quantitative estimate of drug-likeness (QED) is 0.318. The summed E-state index contributed by atoms with van der Waals surface area (Å²) in [7, 11) is 0. The molecular weight excluding hydrogens is 388 g/mol. The van der Waals surface area contributed by atoms with Crippen molar-refractivity contribution >= 4 is 27.4 Å². The molecule has 0 saturated carbocycles. The van der Waals surface area contributed by atoms with Gasteiger partial charge in [-0.15, -0.1) is 11.3 Å². The molecule has 0 atom stereocenters. The van der Waals surface area contributed by atoms with Crippen molar-refractivity contribution in [3.05, 3.63) is 70.9 Å². The van der Waals surface area contributed by atoms with Crippen LogP contribution < -0.4 is 5.32 Å². The van der Waals surface area contributed by atoms with E-state index in [1.165, 1.54) is 11.1 Å². The van der Waals surface area contributed by atoms with Crippen LogP contribution in [0.2, 0.25) is 0 Å². The summed E-state index contributed by atoms with van der Waals surface area (Å²) in [6.07, 6.45) is 6.43. The molecular formula is C25H24N4S. The van der Waals surface area contributed by atoms with Crippen molar-refractivity contribution in [3.63, 3.8) is 0 Å². The van der Waals surface area contributed by atoms with E-state index in [9.17, 15) is 0 Å². The zero-order valence-corrected chi connectivity index (χ0v) is 18.1. The fourth-order valence-corrected chi connectivity index (χ4v) is 4.21. The Morgan fingerprint density at radius 3 is 2.77 bits per heavy atom. The zero-order valence-electron chi connectivity index (χ0n) is 17.3. The molecule has 4 nitrogen and oxygen atoms in total. The van der Waals surface area contributed by atoms with Crippen LogP contribution in [0, 0.1) is 18.8 Å². The first-order valence-electron chi connectivity index (χ1n) is 10.2. The summed E-state index contributed by atoms with van der Waals surface area (Å²) in [5, 5.41) is 5.63. The molecule has 0 aliphatic heterocycles. The minimum absolute atomic E-state index is 0.698. The average molecular weight is 413 g/mol. The molecule has 4 aromatic rings. The van der Waals surface area contributed by atoms with Crippen LogP contribution in [0.1, 0.15) is 36.5 Å². The van der Waals surface area contributed by atoms with E-state index in [-0.39, 0.29) is 0 Å². The molecule has 0 bridgehead atoms. The van der Waals surface area contributed by atoms with Crippen molar-refractivity contribution in [1.82, 2.24) is 15.0 Å². The van der Waals surface area contributed by atoms with Crippen molar-refractivity contribution in [2.45, 2.75) is 33.1 Å². The summed E-state index contributed by atoms with van der Waals surface area (Å²) in [6.45, 7) is 5.04. The molecule has 0 spiro atoms. The summed E-state index contributed by atoms with van der Waals surface area (Å²) in [6, 6.07) is 12.6. The Morgan fingerprint density at radius 1 is 1.10 bits per heavy atom. The Bertz CT molecular complexity index is 1200. The normalized spacial score (nSPS) is 10.6. The Balaban J connectivity index is 1.60. The Labute approximate surface area is 181 Å². The van der Waals surface area contributed by atoms with Gasteiger partial charge in [-0.2, -0.15) is 0 Å². The van der Waals surface area contributed by atoms with Gasteiger partial charge in [-0.25, -0.2) is 9.97 Å². The monoisotopic (exact) mass is 412 g/mol. The topological polar surface area (TPSA) is 50.7 Å². The van der Waals surface area contributed by atoms with Crippen LogP contribution in [-0.2, 0) is 6.42 Å². The van der Waals surface area contributed by atoms with E-state index >= 15 is 0 Å². The van der Waals surface area contributed by atoms with E-state index in [2.05, 4.69) is 65.6 Å². The number of pyridine rings is 1. The van der Waals surface area contributed by atoms with E-state index < -0.39 is 0 Å². The van der Waals surface area contributed by atoms with Crippen LogP contribution in [0.15, 0.2) is 54.2 Å². The van der Waals surface area contributed by atoms with Crippen LogP contribution in [0.5, 0.6) is 0 Å². The molecule has 30 heavy (non-hydrogen) atoms. The Morgan fingerprint density at radius 2 is 1.97 bits per heavy atom. The second-order valence-electron chi connectivity index (χ2n) is 7.13. The lowest BCUT2D eigenvalue weighted by Crippen LogP contribution is -2.06. The SMILES string of the molecule is CCC#Cc1csc2c(NCCCc3cccc(C)c3)nc(-c3ccncc3)nc12. The van der Waals surface area contributed by atoms with Gasteiger partial charge in [0.15, 0.2) is 5.82 Å². The van der Waals surface area contributed by atoms with Crippen LogP contribution in [0.25, 0.3) is 21.6 Å². The smallest absolute Gasteiger partial charge is 0.162 e. The predicted octanol–water partition coefficient (Wildman–Crippen LogP) is 5.87. The summed E-state index contributed by atoms with van der Waals surface area (Å²) in [5.74, 6) is 7.99. The molecule has 0 aliphatic carbocycles. The highest BCUT2D eigenvalue weighted by Crippen LogP contribution is 2.32. The van der Waals surface area contributed by atoms with Crippen molar-refractivity contribution in [3.8, 4) is 23.2 Å². The Hall–Kier alpha value is -3.23. The minimum atomic E-state index is 0.698. The third-order valence-corrected chi connectivity index (χ3v) is 5.75. The van der Waals surface area contributed by atoms with Crippen molar-refractivity contribution in [1.29, 1.82) is 0 Å². The summed E-state index contributed by atoms with van der Waals surface area (Å²) in [5.41, 5.74) is 5.52. The maximum atomic E-state index is 4.84. The number of aromatic nitrogens is 3. The van der Waals surface area contributed by atoms with E-state index in [0.717, 1.165) is 53.0 Å². The molecule has 3 aromatic heterocycles. The average Bonchev–Trinajstić information content (AvgIpc) is 3.19. The van der Waals surface area contributed by atoms with E-state index in [4.69, 9.17) is 9.97 Å². The third kappa shape index (κ3) is 4.67. The van der Waals surface area contributed by atoms with Gasteiger partial charge in [0.2, 0.25) is 0 Å². The van der Waals surface area contributed by atoms with Crippen LogP contribution in [-0.4, -0.2) is 21.5 Å². The van der Waals surface area contributed by atoms with Crippen LogP contribution in [0.4, 0.5) is 5.82 Å². The van der Waals surface area contributed by atoms with Crippen molar-refractivity contribution in [2.24, 2.45) is 0 Å². The molecule has 0 radical (unpaired) electrons. The largest absolute Gasteiger partial charge is 0.369 e. The first kappa shape index (κ1) is 20.1. The molecule has 5 heteroatoms. The molecule has 0 unspecified atom stereocenters. The van der Waals surface area contributed by atoms with E-state index in [0.29, 0.717) is 5.82 Å². The van der Waals surface area contributed by atoms with Crippen LogP contribution >= 0.6 is 11.3 Å². The number of anilines is 1. The number of nitrogens with one attached hydrogen (secondary N) is 1. The maximum Gasteiger partial charge on any atom is 0.162 e. The van der Waals surface area contributed by atoms with Gasteiger partial charge < -0.3 is 5.32 Å². The minimum Gasteiger partial charge on any atom is -0.369 e. The number of fused-ring (bicyclic) bond motifs is 1. The highest BCUT2D eigenvalue weighted by Gasteiger charge is 2.14. The van der Waals surface area contributed by atoms with Gasteiger partial charge in [0.1, 0.15) is 11.3 Å². The second kappa shape index (κ2) is 9.51. The number of thiophene rings is 1. The number of hydrogen-bond acceptors (Lipinski definition) is 5. The molecule has 4 rings (SSSR count). The third-order valence-electron chi connectivity index (χ3n) is 4.77. The lowest BCUT2D eigenvalue weighted by atomic mass is 10.1. The van der Waals surface area contributed by atoms with Crippen molar-refractivity contribution < 1.29 is 0 Å². The first-order chi connectivity index (χ1) is 14.7. The molecule has 150 valence electrons. The fraction of sp³-hybridized carbons (Fsp3) is 0.240. The summed E-state index contributed by atoms with van der Waals surface area (Å²) >= 11 is 1.65. The number of aryl methyl sites for hydroxylation is 2. The molecule has 0 amide bonds. The van der Waals surface area contributed by atoms with Gasteiger partial charge >= 0.3 is 0 Å². The molecule has 1 aromatic carbocycles. The van der Waals surface area contributed by atoms with Gasteiger partial charge in [-0.05, 0) is 37.5 Å². The molecule has 0 fully saturated rings. The van der Waals surface area contributed by atoms with Gasteiger partial charge in [0, 0.05) is 36.3 Å². The van der Waals surface area contributed by atoms with Crippen molar-refractivity contribution in [2.75, 3.05) is 11.9 Å². The fourth-order valence-electron chi connectivity index (χ4n) is 3.31. The highest BCUT2D eigenvalue weighted by atomic mass is 32.1. The highest BCUT2D eigenvalue weighted by molar-refractivity contribution is 7.18. The molecule has 3 heterocycles. The summed E-state index contributed by atoms with van der Waals surface area (Å²) < 4.78 is 1.06. The molecule has 1 N–H and O–H groups in total. The lowest BCUT2D eigenvalue weighted by Gasteiger charge is -2.09. The van der Waals surface area contributed by atoms with Gasteiger partial charge in [0.25, 0.3) is 0 Å². The number of rotatable bonds is 6. The summed E-state index contributed by atoms with van der Waals surface area (Å²) in [4.78, 5) is 13.8. The molecule has 0 saturated heterocycles. The standard InChI is InChI=1S/C25H24N4S/c1-3-4-10-21-17-30-23-22(21)28-24(20-11-14-26-15-12-20)29-25(23)27-13-6-9-19-8-5-7-18(2)16-19/h5,7-8,11-12,14-17H,3,6,9,13H2,1-2H3,(H,27,28,29). The van der Waals surface area contributed by atoms with E-state index in [1.54, 1.807) is 23.7 Å². The Kier molecular flexibility index (Phi) is 6.36. The van der Waals surface area contributed by atoms with Gasteiger partial charge in [-0.1, -0.05) is 48.6 Å². The maximum absolute atomic E-state index is 4.84. The van der Waals surface area contributed by atoms with Crippen LogP contribution in [0.3, 0.4) is 0 Å². The van der Waals surface area contributed by atoms with Gasteiger partial charge in [0.05, 0.1) is 10.3 Å². The number of nitrogens with zero attached hydrogens (tertiary/aromatic N) is 3. The first-order valence-corrected chi connectivity index (χ1v) is 11.1. The van der Waals surface area contributed by atoms with E-state index in [1.807, 2.05) is 12.1 Å². The lowest BCUT2D eigenvalue weighted by molar-refractivity contribution is 0.859. The number of hydrogen-bond donors (Lipinski definition) is 1. The second-order valence-corrected chi connectivity index (χ2v) is 8.01. The zero-order chi connectivity index (χ0) is 20.8. The predicted molar refractivity (Wildman–Crippen MR) is 126 cm³/mol. The number of benzene rings is 1. The van der Waals surface area contributed by atoms with Gasteiger partial charge in [-0.3, -0.25) is 4.98 Å². The molecule has 0 aliphatic rings.